The largest absolute Gasteiger partial charge is 0.326 e. The summed E-state index contributed by atoms with van der Waals surface area (Å²) in [5.74, 6) is 0.0540. The summed E-state index contributed by atoms with van der Waals surface area (Å²) in [4.78, 5) is 25.8. The van der Waals surface area contributed by atoms with Crippen LogP contribution in [0.1, 0.15) is 49.9 Å². The SMILES string of the molecule is CC(=O)Nc1ccc(C(=O)[C@@H](C)N2CCCCCC2)cc1. The molecular weight excluding hydrogens is 264 g/mol. The molecule has 1 N–H and O–H groups in total. The lowest BCUT2D eigenvalue weighted by molar-refractivity contribution is -0.114. The molecule has 1 atom stereocenters. The average molecular weight is 288 g/mol. The van der Waals surface area contributed by atoms with Crippen LogP contribution in [0, 0.1) is 0 Å². The minimum Gasteiger partial charge on any atom is -0.326 e. The summed E-state index contributed by atoms with van der Waals surface area (Å²) in [6.45, 7) is 5.49. The zero-order valence-corrected chi connectivity index (χ0v) is 12.9. The van der Waals surface area contributed by atoms with Gasteiger partial charge in [0.05, 0.1) is 6.04 Å². The van der Waals surface area contributed by atoms with Crippen LogP contribution in [0.2, 0.25) is 0 Å². The first kappa shape index (κ1) is 15.7. The maximum Gasteiger partial charge on any atom is 0.221 e. The van der Waals surface area contributed by atoms with Gasteiger partial charge in [0, 0.05) is 18.2 Å². The Hall–Kier alpha value is -1.68. The Kier molecular flexibility index (Phi) is 5.51. The van der Waals surface area contributed by atoms with Crippen LogP contribution in [0.4, 0.5) is 5.69 Å². The predicted octanol–water partition coefficient (Wildman–Crippen LogP) is 3.09. The van der Waals surface area contributed by atoms with E-state index in [1.807, 2.05) is 6.92 Å². The molecule has 1 aliphatic rings. The molecule has 0 saturated carbocycles. The number of ketones is 1. The molecule has 1 fully saturated rings. The number of benzene rings is 1. The van der Waals surface area contributed by atoms with Gasteiger partial charge in [-0.05, 0) is 57.1 Å². The van der Waals surface area contributed by atoms with Crippen LogP contribution in [-0.4, -0.2) is 35.7 Å². The van der Waals surface area contributed by atoms with E-state index in [-0.39, 0.29) is 17.7 Å². The Morgan fingerprint density at radius 2 is 1.62 bits per heavy atom. The molecule has 1 aromatic rings. The number of carbonyl (C=O) groups excluding carboxylic acids is 2. The molecule has 2 rings (SSSR count). The third kappa shape index (κ3) is 4.39. The van der Waals surface area contributed by atoms with Crippen molar-refractivity contribution in [3.05, 3.63) is 29.8 Å². The Balaban J connectivity index is 2.02. The van der Waals surface area contributed by atoms with E-state index < -0.39 is 0 Å². The molecule has 0 aliphatic carbocycles. The van der Waals surface area contributed by atoms with Crippen LogP contribution in [0.5, 0.6) is 0 Å². The van der Waals surface area contributed by atoms with Crippen molar-refractivity contribution >= 4 is 17.4 Å². The molecule has 0 spiro atoms. The van der Waals surface area contributed by atoms with Crippen LogP contribution in [-0.2, 0) is 4.79 Å². The molecule has 1 saturated heterocycles. The second kappa shape index (κ2) is 7.36. The fourth-order valence-electron chi connectivity index (χ4n) is 2.81. The molecule has 4 heteroatoms. The number of nitrogens with one attached hydrogen (secondary N) is 1. The number of carbonyl (C=O) groups is 2. The standard InChI is InChI=1S/C17H24N2O2/c1-13(19-11-5-3-4-6-12-19)17(21)15-7-9-16(10-8-15)18-14(2)20/h7-10,13H,3-6,11-12H2,1-2H3,(H,18,20)/t13-/m1/s1. The number of amides is 1. The van der Waals surface area contributed by atoms with Crippen LogP contribution >= 0.6 is 0 Å². The van der Waals surface area contributed by atoms with E-state index in [2.05, 4.69) is 10.2 Å². The van der Waals surface area contributed by atoms with Crippen LogP contribution in [0.25, 0.3) is 0 Å². The highest BCUT2D eigenvalue weighted by molar-refractivity contribution is 6.00. The molecule has 21 heavy (non-hydrogen) atoms. The first-order valence-corrected chi connectivity index (χ1v) is 7.74. The van der Waals surface area contributed by atoms with Crippen molar-refractivity contribution in [3.8, 4) is 0 Å². The van der Waals surface area contributed by atoms with Crippen LogP contribution < -0.4 is 5.32 Å². The molecule has 4 nitrogen and oxygen atoms in total. The van der Waals surface area contributed by atoms with E-state index in [0.717, 1.165) is 18.8 Å². The van der Waals surface area contributed by atoms with Crippen molar-refractivity contribution in [3.63, 3.8) is 0 Å². The molecule has 0 aromatic heterocycles. The van der Waals surface area contributed by atoms with E-state index >= 15 is 0 Å². The van der Waals surface area contributed by atoms with Gasteiger partial charge in [-0.1, -0.05) is 12.8 Å². The zero-order valence-electron chi connectivity index (χ0n) is 12.9. The lowest BCUT2D eigenvalue weighted by Gasteiger charge is -2.26. The summed E-state index contributed by atoms with van der Waals surface area (Å²) < 4.78 is 0. The Labute approximate surface area is 126 Å². The van der Waals surface area contributed by atoms with Gasteiger partial charge in [0.2, 0.25) is 5.91 Å². The predicted molar refractivity (Wildman–Crippen MR) is 84.6 cm³/mol. The smallest absolute Gasteiger partial charge is 0.221 e. The van der Waals surface area contributed by atoms with Gasteiger partial charge in [-0.25, -0.2) is 0 Å². The van der Waals surface area contributed by atoms with Crippen molar-refractivity contribution in [2.24, 2.45) is 0 Å². The minimum atomic E-state index is -0.105. The second-order valence-corrected chi connectivity index (χ2v) is 5.75. The highest BCUT2D eigenvalue weighted by Crippen LogP contribution is 2.17. The molecule has 1 amide bonds. The zero-order chi connectivity index (χ0) is 15.2. The number of nitrogens with zero attached hydrogens (tertiary/aromatic N) is 1. The molecule has 1 aliphatic heterocycles. The lowest BCUT2D eigenvalue weighted by atomic mass is 10.0. The molecule has 1 heterocycles. The Morgan fingerprint density at radius 3 is 2.14 bits per heavy atom. The Morgan fingerprint density at radius 1 is 1.05 bits per heavy atom. The van der Waals surface area contributed by atoms with Gasteiger partial charge in [0.15, 0.2) is 5.78 Å². The van der Waals surface area contributed by atoms with Gasteiger partial charge >= 0.3 is 0 Å². The van der Waals surface area contributed by atoms with E-state index in [0.29, 0.717) is 5.56 Å². The van der Waals surface area contributed by atoms with Crippen molar-refractivity contribution in [2.75, 3.05) is 18.4 Å². The third-order valence-corrected chi connectivity index (χ3v) is 4.06. The van der Waals surface area contributed by atoms with E-state index in [9.17, 15) is 9.59 Å². The fraction of sp³-hybridized carbons (Fsp3) is 0.529. The maximum absolute atomic E-state index is 12.6. The van der Waals surface area contributed by atoms with Gasteiger partial charge in [-0.3, -0.25) is 14.5 Å². The van der Waals surface area contributed by atoms with Gasteiger partial charge in [-0.2, -0.15) is 0 Å². The van der Waals surface area contributed by atoms with E-state index in [1.54, 1.807) is 24.3 Å². The van der Waals surface area contributed by atoms with E-state index in [4.69, 9.17) is 0 Å². The minimum absolute atomic E-state index is 0.0743. The summed E-state index contributed by atoms with van der Waals surface area (Å²) in [6, 6.07) is 7.08. The summed E-state index contributed by atoms with van der Waals surface area (Å²) in [5.41, 5.74) is 1.43. The quantitative estimate of drug-likeness (QED) is 0.866. The number of anilines is 1. The second-order valence-electron chi connectivity index (χ2n) is 5.75. The summed E-state index contributed by atoms with van der Waals surface area (Å²) in [6.07, 6.45) is 4.89. The monoisotopic (exact) mass is 288 g/mol. The van der Waals surface area contributed by atoms with Gasteiger partial charge in [-0.15, -0.1) is 0 Å². The molecular formula is C17H24N2O2. The number of hydrogen-bond donors (Lipinski definition) is 1. The van der Waals surface area contributed by atoms with Crippen LogP contribution in [0.3, 0.4) is 0 Å². The topological polar surface area (TPSA) is 49.4 Å². The number of hydrogen-bond acceptors (Lipinski definition) is 3. The summed E-state index contributed by atoms with van der Waals surface area (Å²) >= 11 is 0. The normalized spacial score (nSPS) is 17.8. The first-order chi connectivity index (χ1) is 10.1. The number of rotatable bonds is 4. The molecule has 0 radical (unpaired) electrons. The number of Topliss-reactive ketones (excluding diaryl/α,β-unsaturated/α-hetero) is 1. The molecule has 1 aromatic carbocycles. The average Bonchev–Trinajstić information content (AvgIpc) is 2.75. The van der Waals surface area contributed by atoms with Crippen LogP contribution in [0.15, 0.2) is 24.3 Å². The molecule has 0 unspecified atom stereocenters. The van der Waals surface area contributed by atoms with Gasteiger partial charge in [0.1, 0.15) is 0 Å². The molecule has 114 valence electrons. The summed E-state index contributed by atoms with van der Waals surface area (Å²) in [7, 11) is 0. The van der Waals surface area contributed by atoms with Crippen molar-refractivity contribution < 1.29 is 9.59 Å². The van der Waals surface area contributed by atoms with Gasteiger partial charge < -0.3 is 5.32 Å². The highest BCUT2D eigenvalue weighted by Gasteiger charge is 2.23. The van der Waals surface area contributed by atoms with E-state index in [1.165, 1.54) is 32.6 Å². The Bertz CT molecular complexity index is 488. The van der Waals surface area contributed by atoms with Gasteiger partial charge in [0.25, 0.3) is 0 Å². The maximum atomic E-state index is 12.6. The van der Waals surface area contributed by atoms with Crippen molar-refractivity contribution in [1.29, 1.82) is 0 Å². The fourth-order valence-corrected chi connectivity index (χ4v) is 2.81. The number of likely N-dealkylation sites (tertiary alicyclic amines) is 1. The lowest BCUT2D eigenvalue weighted by Crippen LogP contribution is -2.39. The van der Waals surface area contributed by atoms with Crippen molar-refractivity contribution in [1.82, 2.24) is 4.90 Å². The highest BCUT2D eigenvalue weighted by atomic mass is 16.1. The third-order valence-electron chi connectivity index (χ3n) is 4.06. The summed E-state index contributed by atoms with van der Waals surface area (Å²) in [5, 5.41) is 2.71. The van der Waals surface area contributed by atoms with Crippen molar-refractivity contribution in [2.45, 2.75) is 45.6 Å². The first-order valence-electron chi connectivity index (χ1n) is 7.74. The molecule has 0 bridgehead atoms.